The number of anilines is 1. The SMILES string of the molecule is COC(=O)C(O)c1cccc(N(C)C(N)=O)c1. The van der Waals surface area contributed by atoms with Crippen LogP contribution in [-0.2, 0) is 9.53 Å². The summed E-state index contributed by atoms with van der Waals surface area (Å²) in [5.41, 5.74) is 5.93. The van der Waals surface area contributed by atoms with Gasteiger partial charge in [0.2, 0.25) is 0 Å². The Labute approximate surface area is 98.6 Å². The van der Waals surface area contributed by atoms with Crippen LogP contribution in [0.4, 0.5) is 10.5 Å². The van der Waals surface area contributed by atoms with Crippen molar-refractivity contribution < 1.29 is 19.4 Å². The Morgan fingerprint density at radius 1 is 1.47 bits per heavy atom. The summed E-state index contributed by atoms with van der Waals surface area (Å²) in [6.45, 7) is 0. The van der Waals surface area contributed by atoms with E-state index in [1.54, 1.807) is 18.2 Å². The van der Waals surface area contributed by atoms with E-state index in [4.69, 9.17) is 5.73 Å². The third-order valence-corrected chi connectivity index (χ3v) is 2.33. The van der Waals surface area contributed by atoms with Gasteiger partial charge < -0.3 is 15.6 Å². The van der Waals surface area contributed by atoms with Gasteiger partial charge in [0.1, 0.15) is 0 Å². The summed E-state index contributed by atoms with van der Waals surface area (Å²) in [6.07, 6.45) is -1.37. The number of nitrogens with two attached hydrogens (primary N) is 1. The maximum Gasteiger partial charge on any atom is 0.339 e. The molecule has 0 aliphatic rings. The van der Waals surface area contributed by atoms with Gasteiger partial charge >= 0.3 is 12.0 Å². The Morgan fingerprint density at radius 3 is 2.65 bits per heavy atom. The minimum atomic E-state index is -1.37. The quantitative estimate of drug-likeness (QED) is 0.746. The van der Waals surface area contributed by atoms with Gasteiger partial charge in [0.15, 0.2) is 6.10 Å². The molecule has 0 saturated carbocycles. The lowest BCUT2D eigenvalue weighted by molar-refractivity contribution is -0.150. The van der Waals surface area contributed by atoms with Crippen LogP contribution in [-0.4, -0.2) is 31.3 Å². The molecule has 0 heterocycles. The first-order valence-electron chi connectivity index (χ1n) is 4.86. The van der Waals surface area contributed by atoms with E-state index < -0.39 is 18.1 Å². The summed E-state index contributed by atoms with van der Waals surface area (Å²) in [6, 6.07) is 5.66. The molecule has 3 N–H and O–H groups in total. The number of hydrogen-bond acceptors (Lipinski definition) is 4. The Hall–Kier alpha value is -2.08. The monoisotopic (exact) mass is 238 g/mol. The molecular formula is C11H14N2O4. The summed E-state index contributed by atoms with van der Waals surface area (Å²) in [5.74, 6) is -0.760. The molecule has 0 bridgehead atoms. The van der Waals surface area contributed by atoms with Crippen molar-refractivity contribution in [1.82, 2.24) is 0 Å². The fraction of sp³-hybridized carbons (Fsp3) is 0.273. The van der Waals surface area contributed by atoms with Gasteiger partial charge in [-0.3, -0.25) is 4.90 Å². The molecule has 1 rings (SSSR count). The molecule has 1 aromatic rings. The average molecular weight is 238 g/mol. The lowest BCUT2D eigenvalue weighted by Crippen LogP contribution is -2.31. The third kappa shape index (κ3) is 2.94. The van der Waals surface area contributed by atoms with E-state index in [1.165, 1.54) is 25.1 Å². The van der Waals surface area contributed by atoms with Gasteiger partial charge in [0.05, 0.1) is 7.11 Å². The van der Waals surface area contributed by atoms with Gasteiger partial charge in [-0.25, -0.2) is 9.59 Å². The molecule has 6 nitrogen and oxygen atoms in total. The van der Waals surface area contributed by atoms with Gasteiger partial charge in [-0.05, 0) is 17.7 Å². The van der Waals surface area contributed by atoms with Crippen LogP contribution in [0.15, 0.2) is 24.3 Å². The largest absolute Gasteiger partial charge is 0.467 e. The van der Waals surface area contributed by atoms with E-state index in [0.717, 1.165) is 0 Å². The molecule has 2 amide bonds. The van der Waals surface area contributed by atoms with E-state index in [9.17, 15) is 14.7 Å². The highest BCUT2D eigenvalue weighted by atomic mass is 16.5. The first-order chi connectivity index (χ1) is 7.97. The maximum atomic E-state index is 11.1. The summed E-state index contributed by atoms with van der Waals surface area (Å²) in [5, 5.41) is 9.62. The van der Waals surface area contributed by atoms with Crippen LogP contribution in [0.25, 0.3) is 0 Å². The van der Waals surface area contributed by atoms with Crippen LogP contribution in [0.1, 0.15) is 11.7 Å². The summed E-state index contributed by atoms with van der Waals surface area (Å²) in [7, 11) is 2.68. The number of carbonyl (C=O) groups is 2. The fourth-order valence-corrected chi connectivity index (χ4v) is 1.28. The Bertz CT molecular complexity index is 433. The van der Waals surface area contributed by atoms with Crippen molar-refractivity contribution in [1.29, 1.82) is 0 Å². The molecule has 0 spiro atoms. The number of amides is 2. The third-order valence-electron chi connectivity index (χ3n) is 2.33. The van der Waals surface area contributed by atoms with E-state index in [2.05, 4.69) is 4.74 Å². The number of ether oxygens (including phenoxy) is 1. The predicted molar refractivity (Wildman–Crippen MR) is 61.4 cm³/mol. The fourth-order valence-electron chi connectivity index (χ4n) is 1.28. The zero-order chi connectivity index (χ0) is 13.0. The highest BCUT2D eigenvalue weighted by Gasteiger charge is 2.18. The predicted octanol–water partition coefficient (Wildman–Crippen LogP) is 0.408. The number of rotatable bonds is 3. The smallest absolute Gasteiger partial charge is 0.339 e. The van der Waals surface area contributed by atoms with Crippen molar-refractivity contribution in [3.8, 4) is 0 Å². The van der Waals surface area contributed by atoms with Crippen LogP contribution in [0.3, 0.4) is 0 Å². The Morgan fingerprint density at radius 2 is 2.12 bits per heavy atom. The molecule has 1 atom stereocenters. The van der Waals surface area contributed by atoms with Crippen molar-refractivity contribution in [2.75, 3.05) is 19.1 Å². The standard InChI is InChI=1S/C11H14N2O4/c1-13(11(12)16)8-5-3-4-7(6-8)9(14)10(15)17-2/h3-6,9,14H,1-2H3,(H2,12,16). The van der Waals surface area contributed by atoms with E-state index in [0.29, 0.717) is 11.3 Å². The molecule has 0 radical (unpaired) electrons. The number of benzene rings is 1. The van der Waals surface area contributed by atoms with Gasteiger partial charge in [0, 0.05) is 12.7 Å². The molecule has 0 aliphatic carbocycles. The van der Waals surface area contributed by atoms with Crippen molar-refractivity contribution in [3.63, 3.8) is 0 Å². The number of methoxy groups -OCH3 is 1. The topological polar surface area (TPSA) is 92.9 Å². The van der Waals surface area contributed by atoms with Crippen LogP contribution in [0, 0.1) is 0 Å². The molecule has 0 fully saturated rings. The lowest BCUT2D eigenvalue weighted by atomic mass is 10.1. The van der Waals surface area contributed by atoms with Crippen molar-refractivity contribution in [3.05, 3.63) is 29.8 Å². The van der Waals surface area contributed by atoms with Gasteiger partial charge in [-0.15, -0.1) is 0 Å². The minimum absolute atomic E-state index is 0.336. The van der Waals surface area contributed by atoms with E-state index in [-0.39, 0.29) is 0 Å². The van der Waals surface area contributed by atoms with E-state index in [1.807, 2.05) is 0 Å². The zero-order valence-electron chi connectivity index (χ0n) is 9.58. The van der Waals surface area contributed by atoms with Crippen molar-refractivity contribution in [2.45, 2.75) is 6.10 Å². The van der Waals surface area contributed by atoms with Crippen molar-refractivity contribution in [2.24, 2.45) is 5.73 Å². The van der Waals surface area contributed by atoms with Crippen LogP contribution < -0.4 is 10.6 Å². The number of esters is 1. The van der Waals surface area contributed by atoms with Crippen LogP contribution in [0.5, 0.6) is 0 Å². The van der Waals surface area contributed by atoms with Crippen molar-refractivity contribution >= 4 is 17.7 Å². The molecule has 1 unspecified atom stereocenters. The normalized spacial score (nSPS) is 11.7. The Balaban J connectivity index is 3.01. The minimum Gasteiger partial charge on any atom is -0.467 e. The maximum absolute atomic E-state index is 11.1. The number of primary amides is 1. The second kappa shape index (κ2) is 5.31. The van der Waals surface area contributed by atoms with Gasteiger partial charge in [0.25, 0.3) is 0 Å². The van der Waals surface area contributed by atoms with Gasteiger partial charge in [-0.1, -0.05) is 12.1 Å². The summed E-state index contributed by atoms with van der Waals surface area (Å²) < 4.78 is 4.42. The molecule has 1 aromatic carbocycles. The Kier molecular flexibility index (Phi) is 4.06. The highest BCUT2D eigenvalue weighted by Crippen LogP contribution is 2.20. The molecule has 0 aromatic heterocycles. The van der Waals surface area contributed by atoms with E-state index >= 15 is 0 Å². The molecule has 92 valence electrons. The number of carbonyl (C=O) groups excluding carboxylic acids is 2. The molecule has 0 aliphatic heterocycles. The molecule has 6 heteroatoms. The molecular weight excluding hydrogens is 224 g/mol. The number of aliphatic hydroxyl groups excluding tert-OH is 1. The average Bonchev–Trinajstić information content (AvgIpc) is 2.35. The second-order valence-electron chi connectivity index (χ2n) is 3.42. The van der Waals surface area contributed by atoms with Gasteiger partial charge in [-0.2, -0.15) is 0 Å². The lowest BCUT2D eigenvalue weighted by Gasteiger charge is -2.16. The number of aliphatic hydroxyl groups is 1. The first-order valence-corrected chi connectivity index (χ1v) is 4.86. The highest BCUT2D eigenvalue weighted by molar-refractivity contribution is 5.90. The summed E-state index contributed by atoms with van der Waals surface area (Å²) >= 11 is 0. The number of hydrogen-bond donors (Lipinski definition) is 2. The summed E-state index contributed by atoms with van der Waals surface area (Å²) in [4.78, 5) is 23.3. The second-order valence-corrected chi connectivity index (χ2v) is 3.42. The first kappa shape index (κ1) is 13.0. The van der Waals surface area contributed by atoms with Crippen LogP contribution >= 0.6 is 0 Å². The van der Waals surface area contributed by atoms with Crippen LogP contribution in [0.2, 0.25) is 0 Å². The number of urea groups is 1. The molecule has 17 heavy (non-hydrogen) atoms. The number of nitrogens with zero attached hydrogens (tertiary/aromatic N) is 1. The molecule has 0 saturated heterocycles. The zero-order valence-corrected chi connectivity index (χ0v) is 9.58.